The first-order chi connectivity index (χ1) is 8.96. The Morgan fingerprint density at radius 2 is 2.11 bits per heavy atom. The third-order valence-corrected chi connectivity index (χ3v) is 7.87. The highest BCUT2D eigenvalue weighted by Gasteiger charge is 2.28. The molecule has 1 atom stereocenters. The molecule has 0 spiro atoms. The predicted molar refractivity (Wildman–Crippen MR) is 81.6 cm³/mol. The SMILES string of the molecule is CC(c1cccs1)N(C)S(=O)(=O)c1ccc(CCl)s1. The van der Waals surface area contributed by atoms with Gasteiger partial charge in [-0.3, -0.25) is 0 Å². The van der Waals surface area contributed by atoms with E-state index in [1.807, 2.05) is 24.4 Å². The van der Waals surface area contributed by atoms with Crippen LogP contribution in [0.25, 0.3) is 0 Å². The highest BCUT2D eigenvalue weighted by Crippen LogP contribution is 2.31. The van der Waals surface area contributed by atoms with Crippen molar-refractivity contribution in [2.75, 3.05) is 7.05 Å². The zero-order chi connectivity index (χ0) is 14.0. The molecule has 0 N–H and O–H groups in total. The third-order valence-electron chi connectivity index (χ3n) is 2.90. The summed E-state index contributed by atoms with van der Waals surface area (Å²) in [7, 11) is -1.84. The first-order valence-corrected chi connectivity index (χ1v) is 9.30. The fourth-order valence-electron chi connectivity index (χ4n) is 1.63. The second kappa shape index (κ2) is 5.93. The predicted octanol–water partition coefficient (Wildman–Crippen LogP) is 3.93. The molecule has 0 aliphatic carbocycles. The van der Waals surface area contributed by atoms with Gasteiger partial charge in [-0.1, -0.05) is 6.07 Å². The maximum absolute atomic E-state index is 12.5. The van der Waals surface area contributed by atoms with E-state index >= 15 is 0 Å². The van der Waals surface area contributed by atoms with E-state index in [1.54, 1.807) is 30.5 Å². The summed E-state index contributed by atoms with van der Waals surface area (Å²) in [5, 5.41) is 1.95. The van der Waals surface area contributed by atoms with Crippen molar-refractivity contribution in [1.29, 1.82) is 0 Å². The second-order valence-corrected chi connectivity index (χ2v) is 8.71. The number of halogens is 1. The van der Waals surface area contributed by atoms with E-state index < -0.39 is 10.0 Å². The Balaban J connectivity index is 2.28. The topological polar surface area (TPSA) is 37.4 Å². The zero-order valence-corrected chi connectivity index (χ0v) is 13.7. The number of alkyl halides is 1. The van der Waals surface area contributed by atoms with Crippen LogP contribution < -0.4 is 0 Å². The molecule has 3 nitrogen and oxygen atoms in total. The van der Waals surface area contributed by atoms with Crippen LogP contribution in [0, 0.1) is 0 Å². The molecule has 0 saturated carbocycles. The summed E-state index contributed by atoms with van der Waals surface area (Å²) in [6.45, 7) is 1.89. The van der Waals surface area contributed by atoms with Gasteiger partial charge in [0.2, 0.25) is 0 Å². The molecule has 0 radical (unpaired) electrons. The quantitative estimate of drug-likeness (QED) is 0.776. The number of thiophene rings is 2. The maximum atomic E-state index is 12.5. The lowest BCUT2D eigenvalue weighted by Crippen LogP contribution is -2.28. The summed E-state index contributed by atoms with van der Waals surface area (Å²) < 4.78 is 26.7. The molecule has 2 heterocycles. The van der Waals surface area contributed by atoms with Gasteiger partial charge in [-0.05, 0) is 30.5 Å². The van der Waals surface area contributed by atoms with Crippen LogP contribution in [0.5, 0.6) is 0 Å². The molecule has 0 fully saturated rings. The van der Waals surface area contributed by atoms with Gasteiger partial charge in [-0.15, -0.1) is 34.3 Å². The van der Waals surface area contributed by atoms with Gasteiger partial charge in [-0.25, -0.2) is 8.42 Å². The first-order valence-electron chi connectivity index (χ1n) is 5.63. The van der Waals surface area contributed by atoms with Gasteiger partial charge in [0.25, 0.3) is 10.0 Å². The number of hydrogen-bond acceptors (Lipinski definition) is 4. The monoisotopic (exact) mass is 335 g/mol. The molecule has 0 aliphatic rings. The van der Waals surface area contributed by atoms with E-state index in [0.29, 0.717) is 10.1 Å². The van der Waals surface area contributed by atoms with Crippen molar-refractivity contribution in [2.45, 2.75) is 23.1 Å². The molecular formula is C12H14ClNO2S3. The van der Waals surface area contributed by atoms with Crippen molar-refractivity contribution in [3.05, 3.63) is 39.4 Å². The van der Waals surface area contributed by atoms with Crippen LogP contribution in [0.15, 0.2) is 33.9 Å². The Morgan fingerprint density at radius 3 is 2.63 bits per heavy atom. The zero-order valence-electron chi connectivity index (χ0n) is 10.5. The van der Waals surface area contributed by atoms with Gasteiger partial charge < -0.3 is 0 Å². The van der Waals surface area contributed by atoms with E-state index in [-0.39, 0.29) is 6.04 Å². The van der Waals surface area contributed by atoms with E-state index in [1.165, 1.54) is 15.6 Å². The average Bonchev–Trinajstić information content (AvgIpc) is 3.07. The minimum atomic E-state index is -3.45. The number of nitrogens with zero attached hydrogens (tertiary/aromatic N) is 1. The van der Waals surface area contributed by atoms with E-state index in [0.717, 1.165) is 9.75 Å². The Morgan fingerprint density at radius 1 is 1.37 bits per heavy atom. The lowest BCUT2D eigenvalue weighted by Gasteiger charge is -2.22. The standard InChI is InChI=1S/C12H14ClNO2S3/c1-9(11-4-3-7-17-11)14(2)19(15,16)12-6-5-10(8-13)18-12/h3-7,9H,8H2,1-2H3. The molecule has 0 aromatic carbocycles. The maximum Gasteiger partial charge on any atom is 0.252 e. The van der Waals surface area contributed by atoms with E-state index in [2.05, 4.69) is 0 Å². The van der Waals surface area contributed by atoms with Crippen molar-refractivity contribution in [1.82, 2.24) is 4.31 Å². The van der Waals surface area contributed by atoms with Gasteiger partial charge >= 0.3 is 0 Å². The minimum Gasteiger partial charge on any atom is -0.206 e. The van der Waals surface area contributed by atoms with Gasteiger partial charge in [-0.2, -0.15) is 4.31 Å². The first kappa shape index (κ1) is 15.0. The van der Waals surface area contributed by atoms with Crippen LogP contribution in [0.1, 0.15) is 22.7 Å². The van der Waals surface area contributed by atoms with Crippen LogP contribution in [-0.2, 0) is 15.9 Å². The molecule has 0 aliphatic heterocycles. The number of hydrogen-bond donors (Lipinski definition) is 0. The highest BCUT2D eigenvalue weighted by atomic mass is 35.5. The van der Waals surface area contributed by atoms with Crippen LogP contribution in [-0.4, -0.2) is 19.8 Å². The van der Waals surface area contributed by atoms with Crippen LogP contribution in [0.2, 0.25) is 0 Å². The molecule has 0 amide bonds. The van der Waals surface area contributed by atoms with Gasteiger partial charge in [0.15, 0.2) is 0 Å². The summed E-state index contributed by atoms with van der Waals surface area (Å²) >= 11 is 8.50. The van der Waals surface area contributed by atoms with Gasteiger partial charge in [0.1, 0.15) is 4.21 Å². The normalized spacial score (nSPS) is 13.9. The van der Waals surface area contributed by atoms with E-state index in [4.69, 9.17) is 11.6 Å². The minimum absolute atomic E-state index is 0.174. The van der Waals surface area contributed by atoms with Crippen molar-refractivity contribution >= 4 is 44.3 Å². The molecule has 0 bridgehead atoms. The smallest absolute Gasteiger partial charge is 0.206 e. The second-order valence-electron chi connectivity index (χ2n) is 4.07. The summed E-state index contributed by atoms with van der Waals surface area (Å²) in [5.74, 6) is 0.338. The Bertz CT molecular complexity index is 634. The number of sulfonamides is 1. The summed E-state index contributed by atoms with van der Waals surface area (Å²) in [6, 6.07) is 7.07. The lowest BCUT2D eigenvalue weighted by molar-refractivity contribution is 0.404. The summed E-state index contributed by atoms with van der Waals surface area (Å²) in [4.78, 5) is 1.89. The number of rotatable bonds is 5. The average molecular weight is 336 g/mol. The van der Waals surface area contributed by atoms with Gasteiger partial charge in [0, 0.05) is 16.8 Å². The lowest BCUT2D eigenvalue weighted by atomic mass is 10.3. The fourth-order valence-corrected chi connectivity index (χ4v) is 5.51. The van der Waals surface area contributed by atoms with E-state index in [9.17, 15) is 8.42 Å². The van der Waals surface area contributed by atoms with Crippen molar-refractivity contribution in [3.8, 4) is 0 Å². The molecule has 1 unspecified atom stereocenters. The van der Waals surface area contributed by atoms with Crippen molar-refractivity contribution in [3.63, 3.8) is 0 Å². The molecule has 2 aromatic rings. The fraction of sp³-hybridized carbons (Fsp3) is 0.333. The Labute approximate surface area is 126 Å². The highest BCUT2D eigenvalue weighted by molar-refractivity contribution is 7.91. The Kier molecular flexibility index (Phi) is 4.68. The largest absolute Gasteiger partial charge is 0.252 e. The van der Waals surface area contributed by atoms with Crippen molar-refractivity contribution < 1.29 is 8.42 Å². The molecule has 7 heteroatoms. The molecule has 2 rings (SSSR count). The molecule has 2 aromatic heterocycles. The van der Waals surface area contributed by atoms with Gasteiger partial charge in [0.05, 0.1) is 11.9 Å². The summed E-state index contributed by atoms with van der Waals surface area (Å²) in [6.07, 6.45) is 0. The van der Waals surface area contributed by atoms with Crippen LogP contribution in [0.4, 0.5) is 0 Å². The molecule has 19 heavy (non-hydrogen) atoms. The molecular weight excluding hydrogens is 322 g/mol. The molecule has 104 valence electrons. The Hall–Kier alpha value is -0.400. The van der Waals surface area contributed by atoms with Crippen molar-refractivity contribution in [2.24, 2.45) is 0 Å². The summed E-state index contributed by atoms with van der Waals surface area (Å²) in [5.41, 5.74) is 0. The molecule has 0 saturated heterocycles. The van der Waals surface area contributed by atoms with Crippen LogP contribution in [0.3, 0.4) is 0 Å². The third kappa shape index (κ3) is 3.03. The van der Waals surface area contributed by atoms with Crippen LogP contribution >= 0.6 is 34.3 Å².